The second-order valence-corrected chi connectivity index (χ2v) is 6.11. The molecule has 1 atom stereocenters. The van der Waals surface area contributed by atoms with E-state index in [9.17, 15) is 0 Å². The van der Waals surface area contributed by atoms with E-state index >= 15 is 0 Å². The molecule has 0 aromatic heterocycles. The minimum absolute atomic E-state index is 0.109. The highest BCUT2D eigenvalue weighted by atomic mass is 16.6. The van der Waals surface area contributed by atoms with Gasteiger partial charge in [-0.25, -0.2) is 0 Å². The molecule has 0 amide bonds. The summed E-state index contributed by atoms with van der Waals surface area (Å²) in [5.74, 6) is 1.73. The lowest BCUT2D eigenvalue weighted by atomic mass is 10.0. The lowest BCUT2D eigenvalue weighted by Crippen LogP contribution is -2.02. The third kappa shape index (κ3) is 5.09. The monoisotopic (exact) mass is 290 g/mol. The molecule has 1 unspecified atom stereocenters. The average molecular weight is 290 g/mol. The summed E-state index contributed by atoms with van der Waals surface area (Å²) in [5.41, 5.74) is 1.53. The number of hydrogen-bond acceptors (Lipinski definition) is 3. The summed E-state index contributed by atoms with van der Waals surface area (Å²) in [4.78, 5) is 0. The van der Waals surface area contributed by atoms with Gasteiger partial charge in [0, 0.05) is 0 Å². The molecule has 1 aliphatic rings. The van der Waals surface area contributed by atoms with Crippen LogP contribution >= 0.6 is 0 Å². The van der Waals surface area contributed by atoms with Crippen LogP contribution in [-0.2, 0) is 4.74 Å². The van der Waals surface area contributed by atoms with Crippen molar-refractivity contribution >= 4 is 0 Å². The van der Waals surface area contributed by atoms with E-state index in [1.54, 1.807) is 7.11 Å². The number of allylic oxidation sites excluding steroid dienone is 1. The highest BCUT2D eigenvalue weighted by molar-refractivity contribution is 5.31. The van der Waals surface area contributed by atoms with Crippen molar-refractivity contribution < 1.29 is 14.2 Å². The summed E-state index contributed by atoms with van der Waals surface area (Å²) in [6.45, 7) is 7.19. The molecule has 2 rings (SSSR count). The van der Waals surface area contributed by atoms with Gasteiger partial charge >= 0.3 is 0 Å². The highest BCUT2D eigenvalue weighted by Gasteiger charge is 2.46. The number of benzene rings is 1. The molecular formula is C18H26O3. The Morgan fingerprint density at radius 3 is 2.43 bits per heavy atom. The second-order valence-electron chi connectivity index (χ2n) is 6.11. The Morgan fingerprint density at radius 2 is 1.86 bits per heavy atom. The van der Waals surface area contributed by atoms with Crippen LogP contribution in [0, 0.1) is 0 Å². The van der Waals surface area contributed by atoms with E-state index in [0.29, 0.717) is 12.7 Å². The Balaban J connectivity index is 1.62. The number of ether oxygens (including phenoxy) is 3. The molecular weight excluding hydrogens is 264 g/mol. The van der Waals surface area contributed by atoms with Crippen LogP contribution in [0.2, 0.25) is 0 Å². The lowest BCUT2D eigenvalue weighted by Gasteiger charge is -2.06. The third-order valence-electron chi connectivity index (χ3n) is 3.90. The Labute approximate surface area is 127 Å². The SMILES string of the molecule is COc1ccc(OCCC=C(C)CCC2OC2(C)C)cc1. The minimum atomic E-state index is 0.109. The van der Waals surface area contributed by atoms with Crippen molar-refractivity contribution in [2.45, 2.75) is 51.7 Å². The standard InChI is InChI=1S/C18H26O3/c1-14(7-12-17-18(2,3)21-17)6-5-13-20-16-10-8-15(19-4)9-11-16/h6,8-11,17H,5,7,12-13H2,1-4H3. The fraction of sp³-hybridized carbons (Fsp3) is 0.556. The quantitative estimate of drug-likeness (QED) is 0.405. The van der Waals surface area contributed by atoms with Crippen LogP contribution in [0.4, 0.5) is 0 Å². The zero-order valence-corrected chi connectivity index (χ0v) is 13.5. The van der Waals surface area contributed by atoms with Gasteiger partial charge in [0.1, 0.15) is 11.5 Å². The minimum Gasteiger partial charge on any atom is -0.497 e. The van der Waals surface area contributed by atoms with Crippen molar-refractivity contribution in [2.75, 3.05) is 13.7 Å². The van der Waals surface area contributed by atoms with Crippen molar-refractivity contribution in [3.8, 4) is 11.5 Å². The van der Waals surface area contributed by atoms with Gasteiger partial charge in [-0.1, -0.05) is 11.6 Å². The first-order valence-electron chi connectivity index (χ1n) is 7.61. The molecule has 3 heteroatoms. The summed E-state index contributed by atoms with van der Waals surface area (Å²) in [6, 6.07) is 7.69. The fourth-order valence-corrected chi connectivity index (χ4v) is 2.35. The number of methoxy groups -OCH3 is 1. The zero-order valence-electron chi connectivity index (χ0n) is 13.5. The average Bonchev–Trinajstić information content (AvgIpc) is 3.09. The summed E-state index contributed by atoms with van der Waals surface area (Å²) in [5, 5.41) is 0. The molecule has 0 aliphatic carbocycles. The van der Waals surface area contributed by atoms with Crippen LogP contribution < -0.4 is 9.47 Å². The summed E-state index contributed by atoms with van der Waals surface area (Å²) in [7, 11) is 1.66. The van der Waals surface area contributed by atoms with Gasteiger partial charge in [-0.05, 0) is 64.3 Å². The van der Waals surface area contributed by atoms with Crippen molar-refractivity contribution in [3.63, 3.8) is 0 Å². The summed E-state index contributed by atoms with van der Waals surface area (Å²) >= 11 is 0. The van der Waals surface area contributed by atoms with E-state index in [0.717, 1.165) is 30.8 Å². The van der Waals surface area contributed by atoms with Gasteiger partial charge in [0.2, 0.25) is 0 Å². The molecule has 0 saturated carbocycles. The predicted molar refractivity (Wildman–Crippen MR) is 85.0 cm³/mol. The molecule has 0 radical (unpaired) electrons. The largest absolute Gasteiger partial charge is 0.497 e. The first-order chi connectivity index (χ1) is 10.0. The molecule has 1 aromatic rings. The van der Waals surface area contributed by atoms with Crippen LogP contribution in [-0.4, -0.2) is 25.4 Å². The van der Waals surface area contributed by atoms with Gasteiger partial charge in [0.25, 0.3) is 0 Å². The number of hydrogen-bond donors (Lipinski definition) is 0. The Morgan fingerprint density at radius 1 is 1.24 bits per heavy atom. The van der Waals surface area contributed by atoms with Crippen molar-refractivity contribution in [1.29, 1.82) is 0 Å². The Bertz CT molecular complexity index is 474. The maximum Gasteiger partial charge on any atom is 0.119 e. The van der Waals surface area contributed by atoms with E-state index < -0.39 is 0 Å². The lowest BCUT2D eigenvalue weighted by molar-refractivity contribution is 0.319. The zero-order chi connectivity index (χ0) is 15.3. The smallest absolute Gasteiger partial charge is 0.119 e. The first kappa shape index (κ1) is 15.9. The summed E-state index contributed by atoms with van der Waals surface area (Å²) < 4.78 is 16.4. The van der Waals surface area contributed by atoms with E-state index in [1.165, 1.54) is 5.57 Å². The van der Waals surface area contributed by atoms with E-state index in [1.807, 2.05) is 24.3 Å². The molecule has 3 nitrogen and oxygen atoms in total. The topological polar surface area (TPSA) is 31.0 Å². The first-order valence-corrected chi connectivity index (χ1v) is 7.61. The Kier molecular flexibility index (Phi) is 5.29. The maximum absolute atomic E-state index is 5.70. The van der Waals surface area contributed by atoms with Crippen molar-refractivity contribution in [2.24, 2.45) is 0 Å². The van der Waals surface area contributed by atoms with Crippen molar-refractivity contribution in [1.82, 2.24) is 0 Å². The maximum atomic E-state index is 5.70. The van der Waals surface area contributed by atoms with Gasteiger partial charge in [-0.3, -0.25) is 0 Å². The van der Waals surface area contributed by atoms with Gasteiger partial charge in [-0.2, -0.15) is 0 Å². The third-order valence-corrected chi connectivity index (χ3v) is 3.90. The van der Waals surface area contributed by atoms with Crippen molar-refractivity contribution in [3.05, 3.63) is 35.9 Å². The van der Waals surface area contributed by atoms with Crippen LogP contribution in [0.3, 0.4) is 0 Å². The molecule has 0 bridgehead atoms. The van der Waals surface area contributed by atoms with E-state index in [4.69, 9.17) is 14.2 Å². The number of epoxide rings is 1. The molecule has 21 heavy (non-hydrogen) atoms. The molecule has 1 aromatic carbocycles. The van der Waals surface area contributed by atoms with E-state index in [-0.39, 0.29) is 5.60 Å². The predicted octanol–water partition coefficient (Wildman–Crippen LogP) is 4.37. The van der Waals surface area contributed by atoms with Crippen LogP contribution in [0.25, 0.3) is 0 Å². The van der Waals surface area contributed by atoms with Gasteiger partial charge in [0.05, 0.1) is 25.4 Å². The molecule has 1 saturated heterocycles. The van der Waals surface area contributed by atoms with Crippen LogP contribution in [0.1, 0.15) is 40.0 Å². The van der Waals surface area contributed by atoms with Crippen LogP contribution in [0.5, 0.6) is 11.5 Å². The van der Waals surface area contributed by atoms with Gasteiger partial charge < -0.3 is 14.2 Å². The molecule has 0 spiro atoms. The van der Waals surface area contributed by atoms with E-state index in [2.05, 4.69) is 26.8 Å². The number of rotatable bonds is 8. The molecule has 1 heterocycles. The molecule has 1 aliphatic heterocycles. The normalized spacial score (nSPS) is 20.2. The molecule has 116 valence electrons. The van der Waals surface area contributed by atoms with Crippen LogP contribution in [0.15, 0.2) is 35.9 Å². The van der Waals surface area contributed by atoms with Gasteiger partial charge in [0.15, 0.2) is 0 Å². The molecule has 0 N–H and O–H groups in total. The molecule has 1 fully saturated rings. The second kappa shape index (κ2) is 6.99. The fourth-order valence-electron chi connectivity index (χ4n) is 2.35. The Hall–Kier alpha value is -1.48. The summed E-state index contributed by atoms with van der Waals surface area (Å²) in [6.07, 6.45) is 5.87. The van der Waals surface area contributed by atoms with Gasteiger partial charge in [-0.15, -0.1) is 0 Å². The highest BCUT2D eigenvalue weighted by Crippen LogP contribution is 2.38.